The lowest BCUT2D eigenvalue weighted by Gasteiger charge is -2.41. The summed E-state index contributed by atoms with van der Waals surface area (Å²) in [6.45, 7) is 59.6. The van der Waals surface area contributed by atoms with Gasteiger partial charge in [0, 0.05) is 156 Å². The molecule has 0 amide bonds. The van der Waals surface area contributed by atoms with E-state index in [1.807, 2.05) is 48.8 Å². The first-order chi connectivity index (χ1) is 38.6. The van der Waals surface area contributed by atoms with E-state index >= 15 is 0 Å². The van der Waals surface area contributed by atoms with Gasteiger partial charge in [0.2, 0.25) is 0 Å². The van der Waals surface area contributed by atoms with Gasteiger partial charge < -0.3 is 60.4 Å². The maximum Gasteiger partial charge on any atom is 0.0794 e. The molecule has 82 heavy (non-hydrogen) atoms. The number of nitrogens with zero attached hydrogens (tertiary/aromatic N) is 5. The smallest absolute Gasteiger partial charge is 0.0794 e. The van der Waals surface area contributed by atoms with Gasteiger partial charge in [0.1, 0.15) is 0 Å². The van der Waals surface area contributed by atoms with Crippen LogP contribution >= 0.6 is 0 Å². The highest BCUT2D eigenvalue weighted by Gasteiger charge is 2.31. The van der Waals surface area contributed by atoms with Crippen molar-refractivity contribution in [2.75, 3.05) is 66.2 Å². The molecule has 0 bridgehead atoms. The molecule has 6 fully saturated rings. The van der Waals surface area contributed by atoms with Crippen LogP contribution in [0.4, 0.5) is 0 Å². The molecule has 6 aliphatic rings. The monoisotopic (exact) mass is 1160 g/mol. The molecule has 0 aromatic carbocycles. The van der Waals surface area contributed by atoms with Crippen LogP contribution in [-0.2, 0) is 18.9 Å². The third-order valence-corrected chi connectivity index (χ3v) is 15.5. The van der Waals surface area contributed by atoms with Crippen molar-refractivity contribution in [1.82, 2.24) is 51.3 Å². The fourth-order valence-corrected chi connectivity index (χ4v) is 10.5. The fraction of sp³-hybridized carbons (Fsp3) is 0.851. The summed E-state index contributed by atoms with van der Waals surface area (Å²) >= 11 is 0. The average molecular weight is 1160 g/mol. The summed E-state index contributed by atoms with van der Waals surface area (Å²) < 4.78 is 21.5. The molecule has 0 saturated carbocycles. The molecule has 9 atom stereocenters. The van der Waals surface area contributed by atoms with Gasteiger partial charge in [0.25, 0.3) is 0 Å². The van der Waals surface area contributed by atoms with Crippen LogP contribution in [0.3, 0.4) is 0 Å². The summed E-state index contributed by atoms with van der Waals surface area (Å²) in [6.07, 6.45) is 10.1. The quantitative estimate of drug-likeness (QED) is 0.0839. The van der Waals surface area contributed by atoms with Crippen LogP contribution in [0.25, 0.3) is 0 Å². The number of aliphatic hydroxyl groups excluding tert-OH is 1. The minimum absolute atomic E-state index is 0.0441. The summed E-state index contributed by atoms with van der Waals surface area (Å²) in [5, 5.41) is 26.0. The van der Waals surface area contributed by atoms with Crippen LogP contribution in [0, 0.1) is 11.8 Å². The van der Waals surface area contributed by atoms with Crippen molar-refractivity contribution in [3.8, 4) is 0 Å². The molecule has 15 nitrogen and oxygen atoms in total. The van der Waals surface area contributed by atoms with Crippen molar-refractivity contribution < 1.29 is 24.1 Å². The number of nitrogens with one attached hydrogen (secondary N) is 5. The molecular formula is C67H132N10O5. The van der Waals surface area contributed by atoms with E-state index in [2.05, 4.69) is 210 Å². The summed E-state index contributed by atoms with van der Waals surface area (Å²) in [5.41, 5.74) is 2.21. The van der Waals surface area contributed by atoms with Crippen molar-refractivity contribution in [3.63, 3.8) is 0 Å². The maximum atomic E-state index is 8.83. The second kappa shape index (κ2) is 43.4. The highest BCUT2D eigenvalue weighted by Crippen LogP contribution is 2.22. The Hall–Kier alpha value is -2.22. The second-order valence-corrected chi connectivity index (χ2v) is 26.4. The summed E-state index contributed by atoms with van der Waals surface area (Å²) in [4.78, 5) is 15.8. The highest BCUT2D eigenvalue weighted by atomic mass is 16.5. The Morgan fingerprint density at radius 3 is 1.16 bits per heavy atom. The van der Waals surface area contributed by atoms with Crippen molar-refractivity contribution >= 4 is 0 Å². The third-order valence-electron chi connectivity index (χ3n) is 15.5. The number of aromatic nitrogens is 2. The summed E-state index contributed by atoms with van der Waals surface area (Å²) in [5.74, 6) is 1.81. The summed E-state index contributed by atoms with van der Waals surface area (Å²) in [6, 6.07) is 19.2. The van der Waals surface area contributed by atoms with Crippen molar-refractivity contribution in [2.45, 2.75) is 294 Å². The van der Waals surface area contributed by atoms with Gasteiger partial charge in [-0.3, -0.25) is 14.9 Å². The summed E-state index contributed by atoms with van der Waals surface area (Å²) in [7, 11) is 1.78. The number of aliphatic hydroxyl groups is 1. The largest absolute Gasteiger partial charge is 0.390 e. The van der Waals surface area contributed by atoms with E-state index in [1.54, 1.807) is 7.11 Å². The zero-order chi connectivity index (χ0) is 62.1. The normalized spacial score (nSPS) is 24.7. The van der Waals surface area contributed by atoms with E-state index in [0.717, 1.165) is 68.6 Å². The van der Waals surface area contributed by atoms with Crippen LogP contribution in [0.2, 0.25) is 0 Å². The minimum Gasteiger partial charge on any atom is -0.390 e. The van der Waals surface area contributed by atoms with Gasteiger partial charge in [-0.1, -0.05) is 94.7 Å². The first-order valence-electron chi connectivity index (χ1n) is 32.5. The first-order valence-corrected chi connectivity index (χ1v) is 32.5. The molecule has 2 aromatic heterocycles. The molecule has 6 aliphatic heterocycles. The average Bonchev–Trinajstić information content (AvgIpc) is 4.08. The van der Waals surface area contributed by atoms with Crippen LogP contribution < -0.4 is 26.6 Å². The van der Waals surface area contributed by atoms with E-state index in [9.17, 15) is 0 Å². The van der Waals surface area contributed by atoms with Crippen LogP contribution in [0.5, 0.6) is 0 Å². The molecule has 8 rings (SSSR count). The lowest BCUT2D eigenvalue weighted by molar-refractivity contribution is -0.0161. The predicted octanol–water partition coefficient (Wildman–Crippen LogP) is 10.9. The molecule has 0 aliphatic carbocycles. The van der Waals surface area contributed by atoms with Crippen LogP contribution in [0.15, 0.2) is 48.8 Å². The van der Waals surface area contributed by atoms with Gasteiger partial charge in [-0.05, 0) is 133 Å². The highest BCUT2D eigenvalue weighted by molar-refractivity contribution is 5.08. The number of ether oxygens (including phenoxy) is 4. The number of likely N-dealkylation sites (tertiary alicyclic amines) is 3. The zero-order valence-electron chi connectivity index (χ0n) is 57.2. The minimum atomic E-state index is -0.0441. The number of β-amino-alcohol motifs (C(OH)–C–C–N with tert-alkyl or cyclic N) is 1. The predicted molar refractivity (Wildman–Crippen MR) is 348 cm³/mol. The van der Waals surface area contributed by atoms with E-state index in [4.69, 9.17) is 24.1 Å². The Morgan fingerprint density at radius 1 is 0.524 bits per heavy atom. The van der Waals surface area contributed by atoms with Crippen LogP contribution in [-0.4, -0.2) is 193 Å². The SMILES string of the molecule is CC(C)N1CC(O)C1.CC(C)NC1CC(C)OC1C.CC(C)N[C@@H](C)c1ccccn1.CC(C)N[C@@H](C)c1ccccn1.CC(C)N[C@@H]1CCO[C@@H]1C.CC(C)N[C@H]1CCO[C@H]1C.CCC1CN(C(C)C)C1.COCC1CN(C(C)C)C1. The number of methoxy groups -OCH3 is 1. The van der Waals surface area contributed by atoms with E-state index in [-0.39, 0.29) is 6.10 Å². The first kappa shape index (κ1) is 77.8. The lowest BCUT2D eigenvalue weighted by atomic mass is 9.96. The zero-order valence-corrected chi connectivity index (χ0v) is 57.2. The Kier molecular flexibility index (Phi) is 41.2. The van der Waals surface area contributed by atoms with Gasteiger partial charge in [0.05, 0.1) is 48.5 Å². The van der Waals surface area contributed by atoms with Crippen molar-refractivity contribution in [1.29, 1.82) is 0 Å². The van der Waals surface area contributed by atoms with E-state index in [1.165, 1.54) is 45.4 Å². The number of pyridine rings is 2. The molecule has 6 N–H and O–H groups in total. The Labute approximate surface area is 505 Å². The fourth-order valence-electron chi connectivity index (χ4n) is 10.5. The van der Waals surface area contributed by atoms with Gasteiger partial charge >= 0.3 is 0 Å². The van der Waals surface area contributed by atoms with Crippen LogP contribution in [0.1, 0.15) is 208 Å². The lowest BCUT2D eigenvalue weighted by Crippen LogP contribution is -2.53. The molecule has 2 aromatic rings. The Balaban J connectivity index is 0.000000470. The molecule has 6 saturated heterocycles. The van der Waals surface area contributed by atoms with E-state index in [0.29, 0.717) is 96.9 Å². The topological polar surface area (TPSA) is 153 Å². The second-order valence-electron chi connectivity index (χ2n) is 26.4. The molecule has 3 unspecified atom stereocenters. The Morgan fingerprint density at radius 2 is 0.902 bits per heavy atom. The maximum absolute atomic E-state index is 8.83. The number of hydrogen-bond acceptors (Lipinski definition) is 15. The molecular weight excluding hydrogens is 1020 g/mol. The molecule has 0 radical (unpaired) electrons. The van der Waals surface area contributed by atoms with Gasteiger partial charge in [-0.25, -0.2) is 0 Å². The van der Waals surface area contributed by atoms with Gasteiger partial charge in [-0.2, -0.15) is 0 Å². The van der Waals surface area contributed by atoms with Gasteiger partial charge in [-0.15, -0.1) is 0 Å². The Bertz CT molecular complexity index is 1700. The molecule has 480 valence electrons. The molecule has 8 heterocycles. The molecule has 0 spiro atoms. The van der Waals surface area contributed by atoms with Gasteiger partial charge in [0.15, 0.2) is 0 Å². The van der Waals surface area contributed by atoms with Crippen molar-refractivity contribution in [3.05, 3.63) is 60.2 Å². The number of rotatable bonds is 18. The number of hydrogen-bond donors (Lipinski definition) is 6. The standard InChI is InChI=1S/2C10H16N2.C9H19NO.3C8H17NO.C8H17N.C6H13NO/c2*1-8(2)12-9(3)10-6-4-5-7-11-10;1-6(2)10-9-5-7(3)11-8(9)4;1-7(2)9-4-8(5-9)6-10-3;2*1-6(2)9-8-4-5-10-7(8)3;1-4-8-5-9(6-8)7(2)3;1-5(2)7-3-6(8)4-7/h2*4-9,12H,1-3H3;6-10H,5H2,1-4H3;7-8H,4-6H2,1-3H3;2*6-9H,4-5H2,1-3H3;7-8H,4-6H2,1-3H3;5-6,8H,3-4H2,1-2H3/t2*9-;;;2*7-,8-;;/m00..10../s1. The molecule has 15 heteroatoms. The van der Waals surface area contributed by atoms with E-state index < -0.39 is 0 Å². The third kappa shape index (κ3) is 34.8. The van der Waals surface area contributed by atoms with Crippen molar-refractivity contribution in [2.24, 2.45) is 11.8 Å².